The van der Waals surface area contributed by atoms with E-state index in [1.165, 1.54) is 5.56 Å². The summed E-state index contributed by atoms with van der Waals surface area (Å²) in [6.07, 6.45) is 3.37. The maximum Gasteiger partial charge on any atom is 0.192 e. The fourth-order valence-electron chi connectivity index (χ4n) is 1.94. The van der Waals surface area contributed by atoms with Crippen molar-refractivity contribution in [3.8, 4) is 0 Å². The van der Waals surface area contributed by atoms with Gasteiger partial charge in [0.05, 0.1) is 12.9 Å². The quantitative estimate of drug-likeness (QED) is 0.740. The molecule has 0 bridgehead atoms. The second-order valence-corrected chi connectivity index (χ2v) is 4.72. The first-order chi connectivity index (χ1) is 8.18. The molecule has 1 aliphatic rings. The molecule has 0 saturated carbocycles. The molecule has 0 saturated heterocycles. The molecule has 0 fully saturated rings. The SMILES string of the molecule is CC(C)c1ccc(C(=O)C2=COCCC2)cc1. The number of ether oxygens (including phenoxy) is 1. The van der Waals surface area contributed by atoms with Crippen LogP contribution in [0.5, 0.6) is 0 Å². The lowest BCUT2D eigenvalue weighted by Gasteiger charge is -2.13. The summed E-state index contributed by atoms with van der Waals surface area (Å²) in [6, 6.07) is 7.88. The van der Waals surface area contributed by atoms with Crippen molar-refractivity contribution >= 4 is 5.78 Å². The molecule has 17 heavy (non-hydrogen) atoms. The minimum absolute atomic E-state index is 0.0972. The van der Waals surface area contributed by atoms with Crippen LogP contribution in [-0.2, 0) is 4.74 Å². The fraction of sp³-hybridized carbons (Fsp3) is 0.400. The Kier molecular flexibility index (Phi) is 3.62. The number of benzene rings is 1. The molecule has 0 unspecified atom stereocenters. The van der Waals surface area contributed by atoms with Gasteiger partial charge in [0.25, 0.3) is 0 Å². The van der Waals surface area contributed by atoms with Crippen molar-refractivity contribution in [2.24, 2.45) is 0 Å². The molecule has 0 aliphatic carbocycles. The van der Waals surface area contributed by atoms with E-state index in [9.17, 15) is 4.79 Å². The number of Topliss-reactive ketones (excluding diaryl/α,β-unsaturated/α-hetero) is 1. The molecule has 0 spiro atoms. The summed E-state index contributed by atoms with van der Waals surface area (Å²) >= 11 is 0. The average molecular weight is 230 g/mol. The van der Waals surface area contributed by atoms with Gasteiger partial charge in [0, 0.05) is 11.1 Å². The lowest BCUT2D eigenvalue weighted by atomic mass is 9.96. The van der Waals surface area contributed by atoms with Crippen LogP contribution in [0.3, 0.4) is 0 Å². The first-order valence-electron chi connectivity index (χ1n) is 6.14. The van der Waals surface area contributed by atoms with Crippen molar-refractivity contribution in [2.75, 3.05) is 6.61 Å². The highest BCUT2D eigenvalue weighted by Gasteiger charge is 2.15. The number of hydrogen-bond donors (Lipinski definition) is 0. The number of hydrogen-bond acceptors (Lipinski definition) is 2. The van der Waals surface area contributed by atoms with Crippen molar-refractivity contribution in [1.82, 2.24) is 0 Å². The second kappa shape index (κ2) is 5.17. The van der Waals surface area contributed by atoms with Gasteiger partial charge in [0.2, 0.25) is 0 Å². The molecular formula is C15H18O2. The van der Waals surface area contributed by atoms with E-state index in [0.717, 1.165) is 30.6 Å². The summed E-state index contributed by atoms with van der Waals surface area (Å²) in [5.41, 5.74) is 2.80. The molecular weight excluding hydrogens is 212 g/mol. The van der Waals surface area contributed by atoms with E-state index in [1.807, 2.05) is 24.3 Å². The van der Waals surface area contributed by atoms with Crippen LogP contribution in [-0.4, -0.2) is 12.4 Å². The standard InChI is InChI=1S/C15H18O2/c1-11(2)12-5-7-13(8-6-12)15(16)14-4-3-9-17-10-14/h5-8,10-11H,3-4,9H2,1-2H3. The van der Waals surface area contributed by atoms with Crippen LogP contribution in [0.15, 0.2) is 36.1 Å². The molecule has 2 rings (SSSR count). The summed E-state index contributed by atoms with van der Waals surface area (Å²) in [7, 11) is 0. The number of carbonyl (C=O) groups is 1. The zero-order valence-corrected chi connectivity index (χ0v) is 10.4. The fourth-order valence-corrected chi connectivity index (χ4v) is 1.94. The first kappa shape index (κ1) is 11.9. The Labute approximate surface area is 102 Å². The summed E-state index contributed by atoms with van der Waals surface area (Å²) in [5, 5.41) is 0. The monoisotopic (exact) mass is 230 g/mol. The van der Waals surface area contributed by atoms with Crippen molar-refractivity contribution in [3.05, 3.63) is 47.2 Å². The van der Waals surface area contributed by atoms with Gasteiger partial charge >= 0.3 is 0 Å². The summed E-state index contributed by atoms with van der Waals surface area (Å²) in [5.74, 6) is 0.594. The Hall–Kier alpha value is -1.57. The van der Waals surface area contributed by atoms with Gasteiger partial charge in [0.15, 0.2) is 5.78 Å². The topological polar surface area (TPSA) is 26.3 Å². The van der Waals surface area contributed by atoms with E-state index in [0.29, 0.717) is 5.92 Å². The first-order valence-corrected chi connectivity index (χ1v) is 6.14. The van der Waals surface area contributed by atoms with Crippen LogP contribution in [0.1, 0.15) is 48.5 Å². The molecule has 1 aromatic carbocycles. The van der Waals surface area contributed by atoms with Crippen molar-refractivity contribution in [3.63, 3.8) is 0 Å². The molecule has 2 nitrogen and oxygen atoms in total. The number of rotatable bonds is 3. The zero-order valence-electron chi connectivity index (χ0n) is 10.4. The van der Waals surface area contributed by atoms with Gasteiger partial charge in [-0.05, 0) is 24.3 Å². The third kappa shape index (κ3) is 2.76. The van der Waals surface area contributed by atoms with Crippen LogP contribution in [0, 0.1) is 0 Å². The average Bonchev–Trinajstić information content (AvgIpc) is 2.39. The molecule has 1 aromatic rings. The highest BCUT2D eigenvalue weighted by atomic mass is 16.5. The Balaban J connectivity index is 2.17. The lowest BCUT2D eigenvalue weighted by Crippen LogP contribution is -2.09. The molecule has 90 valence electrons. The number of carbonyl (C=O) groups excluding carboxylic acids is 1. The maximum atomic E-state index is 12.1. The van der Waals surface area contributed by atoms with Gasteiger partial charge in [-0.2, -0.15) is 0 Å². The van der Waals surface area contributed by atoms with Crippen molar-refractivity contribution < 1.29 is 9.53 Å². The predicted octanol–water partition coefficient (Wildman–Crippen LogP) is 3.69. The molecule has 1 aliphatic heterocycles. The van der Waals surface area contributed by atoms with E-state index >= 15 is 0 Å². The van der Waals surface area contributed by atoms with Crippen LogP contribution >= 0.6 is 0 Å². The summed E-state index contributed by atoms with van der Waals surface area (Å²) in [6.45, 7) is 5.02. The van der Waals surface area contributed by atoms with Gasteiger partial charge in [-0.15, -0.1) is 0 Å². The van der Waals surface area contributed by atoms with Gasteiger partial charge in [-0.1, -0.05) is 38.1 Å². The normalized spacial score (nSPS) is 15.4. The van der Waals surface area contributed by atoms with E-state index in [-0.39, 0.29) is 5.78 Å². The van der Waals surface area contributed by atoms with E-state index < -0.39 is 0 Å². The Morgan fingerprint density at radius 2 is 1.94 bits per heavy atom. The minimum Gasteiger partial charge on any atom is -0.501 e. The van der Waals surface area contributed by atoms with Crippen LogP contribution in [0.25, 0.3) is 0 Å². The predicted molar refractivity (Wildman–Crippen MR) is 68.1 cm³/mol. The molecule has 0 N–H and O–H groups in total. The zero-order chi connectivity index (χ0) is 12.3. The molecule has 2 heteroatoms. The lowest BCUT2D eigenvalue weighted by molar-refractivity contribution is 0.101. The van der Waals surface area contributed by atoms with E-state index in [1.54, 1.807) is 6.26 Å². The van der Waals surface area contributed by atoms with Gasteiger partial charge in [-0.3, -0.25) is 4.79 Å². The van der Waals surface area contributed by atoms with Crippen LogP contribution in [0.4, 0.5) is 0 Å². The number of ketones is 1. The Morgan fingerprint density at radius 1 is 1.24 bits per heavy atom. The highest BCUT2D eigenvalue weighted by molar-refractivity contribution is 6.08. The molecule has 0 amide bonds. The molecule has 0 radical (unpaired) electrons. The minimum atomic E-state index is 0.0972. The summed E-state index contributed by atoms with van der Waals surface area (Å²) < 4.78 is 5.20. The second-order valence-electron chi connectivity index (χ2n) is 4.72. The Morgan fingerprint density at radius 3 is 2.47 bits per heavy atom. The Bertz CT molecular complexity index is 427. The highest BCUT2D eigenvalue weighted by Crippen LogP contribution is 2.20. The third-order valence-corrected chi connectivity index (χ3v) is 3.07. The van der Waals surface area contributed by atoms with E-state index in [2.05, 4.69) is 13.8 Å². The molecule has 1 heterocycles. The third-order valence-electron chi connectivity index (χ3n) is 3.07. The number of allylic oxidation sites excluding steroid dienone is 1. The van der Waals surface area contributed by atoms with Gasteiger partial charge in [-0.25, -0.2) is 0 Å². The van der Waals surface area contributed by atoms with Crippen LogP contribution < -0.4 is 0 Å². The van der Waals surface area contributed by atoms with Crippen LogP contribution in [0.2, 0.25) is 0 Å². The molecule has 0 aromatic heterocycles. The largest absolute Gasteiger partial charge is 0.501 e. The maximum absolute atomic E-state index is 12.1. The van der Waals surface area contributed by atoms with Gasteiger partial charge in [0.1, 0.15) is 0 Å². The molecule has 0 atom stereocenters. The van der Waals surface area contributed by atoms with Crippen molar-refractivity contribution in [2.45, 2.75) is 32.6 Å². The summed E-state index contributed by atoms with van der Waals surface area (Å²) in [4.78, 5) is 12.1. The van der Waals surface area contributed by atoms with E-state index in [4.69, 9.17) is 4.74 Å². The van der Waals surface area contributed by atoms with Gasteiger partial charge < -0.3 is 4.74 Å². The smallest absolute Gasteiger partial charge is 0.192 e. The van der Waals surface area contributed by atoms with Crippen molar-refractivity contribution in [1.29, 1.82) is 0 Å².